The predicted octanol–water partition coefficient (Wildman–Crippen LogP) is 3.04. The van der Waals surface area contributed by atoms with E-state index in [2.05, 4.69) is 34.9 Å². The third-order valence-electron chi connectivity index (χ3n) is 4.63. The van der Waals surface area contributed by atoms with Crippen molar-refractivity contribution in [2.24, 2.45) is 0 Å². The van der Waals surface area contributed by atoms with Crippen LogP contribution < -0.4 is 5.32 Å². The van der Waals surface area contributed by atoms with E-state index >= 15 is 0 Å². The van der Waals surface area contributed by atoms with E-state index in [9.17, 15) is 9.59 Å². The average molecular weight is 378 g/mol. The van der Waals surface area contributed by atoms with Gasteiger partial charge in [-0.25, -0.2) is 4.79 Å². The van der Waals surface area contributed by atoms with Gasteiger partial charge in [-0.3, -0.25) is 4.79 Å². The average Bonchev–Trinajstić information content (AvgIpc) is 2.94. The van der Waals surface area contributed by atoms with E-state index in [1.165, 1.54) is 7.11 Å². The molecule has 1 aliphatic rings. The maximum Gasteiger partial charge on any atom is 0.337 e. The lowest BCUT2D eigenvalue weighted by molar-refractivity contribution is -0.116. The molecule has 1 N–H and O–H groups in total. The smallest absolute Gasteiger partial charge is 0.337 e. The number of amides is 1. The van der Waals surface area contributed by atoms with Gasteiger partial charge < -0.3 is 14.6 Å². The number of methoxy groups -OCH3 is 1. The summed E-state index contributed by atoms with van der Waals surface area (Å²) in [5, 5.41) is 3.73. The molecule has 138 valence electrons. The predicted molar refractivity (Wildman–Crippen MR) is 111 cm³/mol. The topological polar surface area (TPSA) is 60.3 Å². The molecule has 0 unspecified atom stereocenters. The highest BCUT2D eigenvalue weighted by atomic mass is 16.5. The zero-order chi connectivity index (χ0) is 20.4. The molecule has 1 aliphatic heterocycles. The monoisotopic (exact) mass is 378 g/mol. The summed E-state index contributed by atoms with van der Waals surface area (Å²) in [7, 11) is 1.33. The van der Waals surface area contributed by atoms with Crippen LogP contribution in [-0.4, -0.2) is 23.6 Å². The van der Waals surface area contributed by atoms with Crippen LogP contribution in [0.1, 0.15) is 15.9 Å². The Balaban J connectivity index is 2.10. The van der Waals surface area contributed by atoms with Gasteiger partial charge in [0, 0.05) is 10.9 Å². The molecule has 0 aliphatic carbocycles. The molecule has 29 heavy (non-hydrogen) atoms. The maximum atomic E-state index is 12.5. The number of rotatable bonds is 1. The number of hydrogen-bond acceptors (Lipinski definition) is 3. The molecule has 0 atom stereocenters. The Morgan fingerprint density at radius 2 is 2.00 bits per heavy atom. The molecule has 0 spiro atoms. The standard InChI is InChI=1S/C24H14N2O3/c1-3-4-5-6-9-18-17-13-12-16(24(28)29-2)14-21(17)26-15-22(27)25-20-11-8-7-10-19(20)23(18)26/h1,7-8,10-14H,15H2,2H3,(H,25,27). The number of carbonyl (C=O) groups is 2. The molecule has 0 radical (unpaired) electrons. The summed E-state index contributed by atoms with van der Waals surface area (Å²) in [4.78, 5) is 24.6. The summed E-state index contributed by atoms with van der Waals surface area (Å²) in [6, 6.07) is 12.7. The van der Waals surface area contributed by atoms with Crippen LogP contribution in [0.3, 0.4) is 0 Å². The summed E-state index contributed by atoms with van der Waals surface area (Å²) in [6.45, 7) is 0.0862. The zero-order valence-electron chi connectivity index (χ0n) is 15.5. The second kappa shape index (κ2) is 7.31. The van der Waals surface area contributed by atoms with Gasteiger partial charge in [0.25, 0.3) is 0 Å². The Morgan fingerprint density at radius 3 is 2.79 bits per heavy atom. The second-order valence-corrected chi connectivity index (χ2v) is 6.27. The lowest BCUT2D eigenvalue weighted by Gasteiger charge is -2.07. The fraction of sp³-hybridized carbons (Fsp3) is 0.0833. The van der Waals surface area contributed by atoms with Crippen molar-refractivity contribution in [1.82, 2.24) is 4.57 Å². The lowest BCUT2D eigenvalue weighted by atomic mass is 10.0. The van der Waals surface area contributed by atoms with Gasteiger partial charge in [0.2, 0.25) is 5.91 Å². The molecule has 3 aromatic rings. The number of anilines is 1. The highest BCUT2D eigenvalue weighted by Gasteiger charge is 2.25. The molecule has 0 bridgehead atoms. The molecule has 2 heterocycles. The normalized spacial score (nSPS) is 11.4. The van der Waals surface area contributed by atoms with Crippen LogP contribution >= 0.6 is 0 Å². The molecular formula is C24H14N2O3. The van der Waals surface area contributed by atoms with E-state index < -0.39 is 5.97 Å². The lowest BCUT2D eigenvalue weighted by Crippen LogP contribution is -2.16. The Hall–Kier alpha value is -4.40. The van der Waals surface area contributed by atoms with Crippen LogP contribution in [-0.2, 0) is 16.1 Å². The number of ether oxygens (including phenoxy) is 1. The Labute approximate surface area is 167 Å². The number of esters is 1. The van der Waals surface area contributed by atoms with E-state index in [0.717, 1.165) is 16.6 Å². The number of fused-ring (bicyclic) bond motifs is 5. The third kappa shape index (κ3) is 3.10. The molecule has 0 saturated heterocycles. The first-order chi connectivity index (χ1) is 14.1. The van der Waals surface area contributed by atoms with E-state index in [1.807, 2.05) is 34.9 Å². The van der Waals surface area contributed by atoms with E-state index in [0.29, 0.717) is 22.3 Å². The fourth-order valence-electron chi connectivity index (χ4n) is 3.46. The van der Waals surface area contributed by atoms with Crippen LogP contribution in [0.25, 0.3) is 22.2 Å². The highest BCUT2D eigenvalue weighted by molar-refractivity contribution is 6.05. The summed E-state index contributed by atoms with van der Waals surface area (Å²) in [5.41, 5.74) is 4.14. The molecule has 1 amide bonds. The van der Waals surface area contributed by atoms with Gasteiger partial charge in [0.15, 0.2) is 0 Å². The molecule has 5 heteroatoms. The van der Waals surface area contributed by atoms with Gasteiger partial charge in [-0.2, -0.15) is 0 Å². The number of carbonyl (C=O) groups excluding carboxylic acids is 2. The Morgan fingerprint density at radius 1 is 1.17 bits per heavy atom. The van der Waals surface area contributed by atoms with Crippen molar-refractivity contribution in [2.75, 3.05) is 12.4 Å². The van der Waals surface area contributed by atoms with Gasteiger partial charge >= 0.3 is 5.97 Å². The number of nitrogens with zero attached hydrogens (tertiary/aromatic N) is 1. The van der Waals surface area contributed by atoms with Crippen LogP contribution in [0.2, 0.25) is 0 Å². The Bertz CT molecular complexity index is 1350. The van der Waals surface area contributed by atoms with Gasteiger partial charge in [-0.15, -0.1) is 6.42 Å². The van der Waals surface area contributed by atoms with E-state index in [1.54, 1.807) is 12.1 Å². The molecular weight excluding hydrogens is 364 g/mol. The minimum absolute atomic E-state index is 0.0862. The van der Waals surface area contributed by atoms with Crippen molar-refractivity contribution < 1.29 is 14.3 Å². The number of para-hydroxylation sites is 1. The summed E-state index contributed by atoms with van der Waals surface area (Å²) < 4.78 is 6.70. The van der Waals surface area contributed by atoms with Crippen molar-refractivity contribution in [3.63, 3.8) is 0 Å². The molecule has 0 fully saturated rings. The van der Waals surface area contributed by atoms with Crippen LogP contribution in [0.5, 0.6) is 0 Å². The largest absolute Gasteiger partial charge is 0.465 e. The van der Waals surface area contributed by atoms with Crippen molar-refractivity contribution in [2.45, 2.75) is 6.54 Å². The van der Waals surface area contributed by atoms with Crippen LogP contribution in [0, 0.1) is 36.0 Å². The van der Waals surface area contributed by atoms with Crippen molar-refractivity contribution >= 4 is 28.5 Å². The van der Waals surface area contributed by atoms with Crippen LogP contribution in [0.4, 0.5) is 5.69 Å². The zero-order valence-corrected chi connectivity index (χ0v) is 15.5. The summed E-state index contributed by atoms with van der Waals surface area (Å²) in [5.74, 6) is 12.6. The first kappa shape index (κ1) is 18.0. The van der Waals surface area contributed by atoms with Crippen molar-refractivity contribution in [1.29, 1.82) is 0 Å². The quantitative estimate of drug-likeness (QED) is 0.523. The van der Waals surface area contributed by atoms with E-state index in [-0.39, 0.29) is 12.5 Å². The summed E-state index contributed by atoms with van der Waals surface area (Å²) in [6.07, 6.45) is 5.16. The number of nitrogens with one attached hydrogen (secondary N) is 1. The first-order valence-electron chi connectivity index (χ1n) is 8.74. The minimum atomic E-state index is -0.451. The van der Waals surface area contributed by atoms with Crippen LogP contribution in [0.15, 0.2) is 42.5 Å². The highest BCUT2D eigenvalue weighted by Crippen LogP contribution is 2.39. The SMILES string of the molecule is C#CC#CC#Cc1c2n(c3cc(C(=O)OC)ccc13)CC(=O)Nc1ccccc1-2. The number of aromatic nitrogens is 1. The third-order valence-corrected chi connectivity index (χ3v) is 4.63. The molecule has 0 saturated carbocycles. The van der Waals surface area contributed by atoms with Gasteiger partial charge in [-0.05, 0) is 47.8 Å². The Kier molecular flexibility index (Phi) is 4.54. The second-order valence-electron chi connectivity index (χ2n) is 6.27. The maximum absolute atomic E-state index is 12.5. The first-order valence-corrected chi connectivity index (χ1v) is 8.74. The number of terminal acetylenes is 1. The fourth-order valence-corrected chi connectivity index (χ4v) is 3.46. The van der Waals surface area contributed by atoms with Crippen molar-refractivity contribution in [3.8, 4) is 47.3 Å². The molecule has 2 aromatic carbocycles. The van der Waals surface area contributed by atoms with Gasteiger partial charge in [0.1, 0.15) is 6.54 Å². The van der Waals surface area contributed by atoms with E-state index in [4.69, 9.17) is 11.2 Å². The number of hydrogen-bond donors (Lipinski definition) is 1. The minimum Gasteiger partial charge on any atom is -0.465 e. The molecule has 1 aromatic heterocycles. The van der Waals surface area contributed by atoms with Crippen molar-refractivity contribution in [3.05, 3.63) is 53.6 Å². The molecule has 4 rings (SSSR count). The summed E-state index contributed by atoms with van der Waals surface area (Å²) >= 11 is 0. The van der Waals surface area contributed by atoms with Gasteiger partial charge in [-0.1, -0.05) is 24.3 Å². The number of benzene rings is 2. The van der Waals surface area contributed by atoms with Gasteiger partial charge in [0.05, 0.1) is 35.1 Å². The molecule has 5 nitrogen and oxygen atoms in total.